The predicted molar refractivity (Wildman–Crippen MR) is 127 cm³/mol. The van der Waals surface area contributed by atoms with Crippen molar-refractivity contribution in [2.24, 2.45) is 0 Å². The summed E-state index contributed by atoms with van der Waals surface area (Å²) in [5, 5.41) is 0. The Morgan fingerprint density at radius 2 is 1.67 bits per heavy atom. The smallest absolute Gasteiger partial charge is 0.265 e. The van der Waals surface area contributed by atoms with Crippen molar-refractivity contribution in [2.75, 3.05) is 25.1 Å². The highest BCUT2D eigenvalue weighted by atomic mass is 16.5. The molecule has 166 valence electrons. The molecule has 1 aromatic heterocycles. The number of hydrogen-bond acceptors (Lipinski definition) is 5. The third-order valence-corrected chi connectivity index (χ3v) is 6.19. The van der Waals surface area contributed by atoms with Crippen LogP contribution in [0.5, 0.6) is 5.75 Å². The van der Waals surface area contributed by atoms with Crippen LogP contribution in [-0.4, -0.2) is 41.9 Å². The highest BCUT2D eigenvalue weighted by molar-refractivity contribution is 6.23. The van der Waals surface area contributed by atoms with Crippen molar-refractivity contribution in [1.82, 2.24) is 9.88 Å². The van der Waals surface area contributed by atoms with Gasteiger partial charge in [0.25, 0.3) is 11.8 Å². The molecule has 0 fully saturated rings. The minimum atomic E-state index is -0.284. The molecule has 0 saturated heterocycles. The molecule has 0 spiro atoms. The number of aromatic nitrogens is 1. The first-order chi connectivity index (χ1) is 16.1. The molecule has 0 aliphatic carbocycles. The Morgan fingerprint density at radius 1 is 0.939 bits per heavy atom. The topological polar surface area (TPSA) is 62.7 Å². The van der Waals surface area contributed by atoms with Crippen LogP contribution in [0.15, 0.2) is 72.6 Å². The van der Waals surface area contributed by atoms with E-state index in [4.69, 9.17) is 4.74 Å². The van der Waals surface area contributed by atoms with Crippen molar-refractivity contribution in [3.63, 3.8) is 0 Å². The molecule has 5 rings (SSSR count). The molecule has 0 unspecified atom stereocenters. The van der Waals surface area contributed by atoms with E-state index >= 15 is 0 Å². The zero-order valence-corrected chi connectivity index (χ0v) is 18.7. The van der Waals surface area contributed by atoms with E-state index in [1.54, 1.807) is 37.6 Å². The van der Waals surface area contributed by atoms with E-state index in [0.29, 0.717) is 29.1 Å². The molecule has 2 aliphatic rings. The predicted octanol–water partition coefficient (Wildman–Crippen LogP) is 4.77. The van der Waals surface area contributed by atoms with Gasteiger partial charge in [0.2, 0.25) is 0 Å². The molecule has 0 atom stereocenters. The second kappa shape index (κ2) is 8.54. The fraction of sp³-hybridized carbons (Fsp3) is 0.222. The highest BCUT2D eigenvalue weighted by Gasteiger charge is 2.41. The first-order valence-electron chi connectivity index (χ1n) is 11.2. The maximum Gasteiger partial charge on any atom is 0.265 e. The number of benzene rings is 2. The number of carbonyl (C=O) groups excluding carboxylic acids is 2. The maximum absolute atomic E-state index is 13.5. The zero-order chi connectivity index (χ0) is 22.9. The molecule has 0 N–H and O–H groups in total. The van der Waals surface area contributed by atoms with Gasteiger partial charge < -0.3 is 9.64 Å². The third-order valence-electron chi connectivity index (χ3n) is 6.19. The van der Waals surface area contributed by atoms with Crippen molar-refractivity contribution >= 4 is 23.2 Å². The van der Waals surface area contributed by atoms with Crippen LogP contribution in [-0.2, 0) is 0 Å². The summed E-state index contributed by atoms with van der Waals surface area (Å²) in [6, 6.07) is 18.6. The summed E-state index contributed by atoms with van der Waals surface area (Å²) in [5.74, 6) is 1.01. The van der Waals surface area contributed by atoms with Gasteiger partial charge in [-0.05, 0) is 48.4 Å². The first kappa shape index (κ1) is 20.9. The number of rotatable bonds is 6. The van der Waals surface area contributed by atoms with Crippen LogP contribution in [0.2, 0.25) is 0 Å². The van der Waals surface area contributed by atoms with Crippen LogP contribution in [0.1, 0.15) is 51.6 Å². The normalized spacial score (nSPS) is 15.1. The summed E-state index contributed by atoms with van der Waals surface area (Å²) in [6.45, 7) is 3.35. The molecule has 0 bridgehead atoms. The van der Waals surface area contributed by atoms with E-state index in [1.165, 1.54) is 4.90 Å². The highest BCUT2D eigenvalue weighted by Crippen LogP contribution is 2.41. The van der Waals surface area contributed by atoms with Gasteiger partial charge >= 0.3 is 0 Å². The van der Waals surface area contributed by atoms with Crippen LogP contribution in [0.25, 0.3) is 5.57 Å². The SMILES string of the molecule is CCCCN1CC(N2C(=O)c3ccccc3C2=O)=C(c2cccc(OC)c2)c2cccnc21. The van der Waals surface area contributed by atoms with E-state index in [0.717, 1.165) is 41.9 Å². The number of nitrogens with zero attached hydrogens (tertiary/aromatic N) is 3. The van der Waals surface area contributed by atoms with Crippen molar-refractivity contribution < 1.29 is 14.3 Å². The van der Waals surface area contributed by atoms with Gasteiger partial charge in [-0.3, -0.25) is 9.59 Å². The zero-order valence-electron chi connectivity index (χ0n) is 18.7. The number of imide groups is 1. The van der Waals surface area contributed by atoms with Crippen molar-refractivity contribution in [1.29, 1.82) is 0 Å². The summed E-state index contributed by atoms with van der Waals surface area (Å²) in [5.41, 5.74) is 4.17. The van der Waals surface area contributed by atoms with Crippen LogP contribution < -0.4 is 9.64 Å². The van der Waals surface area contributed by atoms with Crippen molar-refractivity contribution in [3.05, 3.63) is 94.8 Å². The number of amides is 2. The Hall–Kier alpha value is -3.93. The maximum atomic E-state index is 13.5. The second-order valence-electron chi connectivity index (χ2n) is 8.19. The number of carbonyl (C=O) groups is 2. The summed E-state index contributed by atoms with van der Waals surface area (Å²) in [6.07, 6.45) is 3.81. The quantitative estimate of drug-likeness (QED) is 0.518. The average Bonchev–Trinajstić information content (AvgIpc) is 3.12. The Labute approximate surface area is 193 Å². The lowest BCUT2D eigenvalue weighted by molar-refractivity contribution is 0.0702. The molecular formula is C27H25N3O3. The lowest BCUT2D eigenvalue weighted by Gasteiger charge is -2.36. The first-order valence-corrected chi connectivity index (χ1v) is 11.2. The van der Waals surface area contributed by atoms with Gasteiger partial charge in [-0.25, -0.2) is 9.88 Å². The van der Waals surface area contributed by atoms with Crippen molar-refractivity contribution in [2.45, 2.75) is 19.8 Å². The molecule has 0 radical (unpaired) electrons. The molecule has 3 aromatic rings. The molecule has 0 saturated carbocycles. The number of hydrogen-bond donors (Lipinski definition) is 0. The molecule has 3 heterocycles. The van der Waals surface area contributed by atoms with Crippen LogP contribution in [0, 0.1) is 0 Å². The minimum absolute atomic E-state index is 0.284. The Kier molecular flexibility index (Phi) is 5.42. The van der Waals surface area contributed by atoms with Gasteiger partial charge in [0.1, 0.15) is 11.6 Å². The second-order valence-corrected chi connectivity index (χ2v) is 8.19. The number of unbranched alkanes of at least 4 members (excludes halogenated alkanes) is 1. The van der Waals surface area contributed by atoms with E-state index < -0.39 is 0 Å². The minimum Gasteiger partial charge on any atom is -0.497 e. The standard InChI is InChI=1S/C27H25N3O3/c1-3-4-15-29-17-23(30-26(31)20-11-5-6-12-21(20)27(30)32)24(22-13-8-14-28-25(22)29)18-9-7-10-19(16-18)33-2/h5-14,16H,3-4,15,17H2,1-2H3. The van der Waals surface area contributed by atoms with E-state index in [9.17, 15) is 9.59 Å². The van der Waals surface area contributed by atoms with Crippen LogP contribution in [0.3, 0.4) is 0 Å². The third kappa shape index (κ3) is 3.48. The van der Waals surface area contributed by atoms with Gasteiger partial charge in [-0.15, -0.1) is 0 Å². The van der Waals surface area contributed by atoms with Crippen LogP contribution >= 0.6 is 0 Å². The Morgan fingerprint density at radius 3 is 2.36 bits per heavy atom. The molecule has 2 amide bonds. The average molecular weight is 440 g/mol. The lowest BCUT2D eigenvalue weighted by Crippen LogP contribution is -2.40. The van der Waals surface area contributed by atoms with E-state index in [-0.39, 0.29) is 11.8 Å². The molecule has 6 heteroatoms. The Balaban J connectivity index is 1.74. The largest absolute Gasteiger partial charge is 0.497 e. The molecule has 33 heavy (non-hydrogen) atoms. The number of fused-ring (bicyclic) bond motifs is 2. The number of pyridine rings is 1. The summed E-state index contributed by atoms with van der Waals surface area (Å²) < 4.78 is 5.47. The fourth-order valence-corrected chi connectivity index (χ4v) is 4.59. The molecule has 2 aliphatic heterocycles. The monoisotopic (exact) mass is 439 g/mol. The number of anilines is 1. The van der Waals surface area contributed by atoms with E-state index in [1.807, 2.05) is 36.4 Å². The van der Waals surface area contributed by atoms with Gasteiger partial charge in [-0.1, -0.05) is 37.6 Å². The van der Waals surface area contributed by atoms with Crippen molar-refractivity contribution in [3.8, 4) is 5.75 Å². The summed E-state index contributed by atoms with van der Waals surface area (Å²) in [4.78, 5) is 35.1. The van der Waals surface area contributed by atoms with Gasteiger partial charge in [0, 0.05) is 23.9 Å². The molecule has 2 aromatic carbocycles. The summed E-state index contributed by atoms with van der Waals surface area (Å²) >= 11 is 0. The van der Waals surface area contributed by atoms with Gasteiger partial charge in [-0.2, -0.15) is 0 Å². The summed E-state index contributed by atoms with van der Waals surface area (Å²) in [7, 11) is 1.63. The Bertz CT molecular complexity index is 1250. The molecular weight excluding hydrogens is 414 g/mol. The fourth-order valence-electron chi connectivity index (χ4n) is 4.59. The lowest BCUT2D eigenvalue weighted by atomic mass is 9.92. The number of ether oxygens (including phenoxy) is 1. The van der Waals surface area contributed by atoms with Crippen LogP contribution in [0.4, 0.5) is 5.82 Å². The van der Waals surface area contributed by atoms with Gasteiger partial charge in [0.15, 0.2) is 0 Å². The molecule has 6 nitrogen and oxygen atoms in total. The number of methoxy groups -OCH3 is 1. The van der Waals surface area contributed by atoms with E-state index in [2.05, 4.69) is 16.8 Å². The van der Waals surface area contributed by atoms with Gasteiger partial charge in [0.05, 0.1) is 30.5 Å².